The zero-order valence-corrected chi connectivity index (χ0v) is 10.8. The highest BCUT2D eigenvalue weighted by Crippen LogP contribution is 2.19. The number of aliphatic hydroxyl groups is 1. The molecule has 0 fully saturated rings. The van der Waals surface area contributed by atoms with Crippen molar-refractivity contribution in [3.8, 4) is 0 Å². The minimum Gasteiger partial charge on any atom is -0.376 e. The van der Waals surface area contributed by atoms with Crippen LogP contribution in [0.15, 0.2) is 64.8 Å². The summed E-state index contributed by atoms with van der Waals surface area (Å²) in [5.41, 5.74) is 6.91. The normalized spacial score (nSPS) is 14.5. The average Bonchev–Trinajstić information content (AvgIpc) is 2.37. The number of nitrogens with zero attached hydrogens (tertiary/aromatic N) is 2. The first-order chi connectivity index (χ1) is 9.03. The van der Waals surface area contributed by atoms with Crippen molar-refractivity contribution in [3.63, 3.8) is 0 Å². The van der Waals surface area contributed by atoms with E-state index in [1.54, 1.807) is 6.92 Å². The van der Waals surface area contributed by atoms with E-state index in [0.29, 0.717) is 6.42 Å². The molecule has 0 spiro atoms. The lowest BCUT2D eigenvalue weighted by molar-refractivity contribution is 0.0677. The monoisotopic (exact) mass is 255 g/mol. The van der Waals surface area contributed by atoms with Crippen LogP contribution < -0.4 is 5.73 Å². The molecule has 2 rings (SSSR count). The molecule has 0 aliphatic carbocycles. The van der Waals surface area contributed by atoms with Gasteiger partial charge in [0.2, 0.25) is 0 Å². The van der Waals surface area contributed by atoms with E-state index >= 15 is 0 Å². The molecule has 0 radical (unpaired) electrons. The Labute approximate surface area is 112 Å². The quantitative estimate of drug-likeness (QED) is 0.650. The lowest BCUT2D eigenvalue weighted by Crippen LogP contribution is -2.37. The van der Waals surface area contributed by atoms with Gasteiger partial charge in [0, 0.05) is 6.42 Å². The van der Waals surface area contributed by atoms with Gasteiger partial charge in [0.25, 0.3) is 0 Å². The molecule has 2 aromatic rings. The maximum absolute atomic E-state index is 9.53. The summed E-state index contributed by atoms with van der Waals surface area (Å²) in [6.07, 6.45) is 0.406. The molecule has 0 bridgehead atoms. The van der Waals surface area contributed by atoms with Crippen LogP contribution in [0.3, 0.4) is 0 Å². The summed E-state index contributed by atoms with van der Waals surface area (Å²) in [6.45, 7) is 1.58. The number of rotatable bonds is 4. The highest BCUT2D eigenvalue weighted by molar-refractivity contribution is 5.41. The van der Waals surface area contributed by atoms with Crippen LogP contribution in [0.5, 0.6) is 0 Å². The van der Waals surface area contributed by atoms with E-state index in [0.717, 1.165) is 16.9 Å². The van der Waals surface area contributed by atoms with E-state index in [2.05, 4.69) is 10.2 Å². The molecule has 2 aromatic carbocycles. The molecule has 98 valence electrons. The van der Waals surface area contributed by atoms with E-state index in [1.165, 1.54) is 0 Å². The van der Waals surface area contributed by atoms with E-state index in [1.807, 2.05) is 54.6 Å². The van der Waals surface area contributed by atoms with Crippen LogP contribution in [0.4, 0.5) is 11.4 Å². The first-order valence-electron chi connectivity index (χ1n) is 6.10. The lowest BCUT2D eigenvalue weighted by Gasteiger charge is -2.16. The van der Waals surface area contributed by atoms with Crippen molar-refractivity contribution >= 4 is 11.4 Å². The Kier molecular flexibility index (Phi) is 4.04. The minimum absolute atomic E-state index is 0.406. The van der Waals surface area contributed by atoms with Crippen LogP contribution in [0.2, 0.25) is 0 Å². The van der Waals surface area contributed by atoms with Gasteiger partial charge in [0.15, 0.2) is 0 Å². The molecule has 0 aliphatic heterocycles. The second-order valence-corrected chi connectivity index (χ2v) is 4.74. The molecule has 3 N–H and O–H groups in total. The molecule has 1 unspecified atom stereocenters. The van der Waals surface area contributed by atoms with E-state index < -0.39 is 5.72 Å². The predicted octanol–water partition coefficient (Wildman–Crippen LogP) is 3.31. The third kappa shape index (κ3) is 4.62. The van der Waals surface area contributed by atoms with Crippen molar-refractivity contribution in [2.24, 2.45) is 16.0 Å². The van der Waals surface area contributed by atoms with Gasteiger partial charge in [0.1, 0.15) is 5.72 Å². The van der Waals surface area contributed by atoms with Crippen molar-refractivity contribution < 1.29 is 5.11 Å². The summed E-state index contributed by atoms with van der Waals surface area (Å²) in [4.78, 5) is 0. The highest BCUT2D eigenvalue weighted by Gasteiger charge is 2.13. The number of hydrogen-bond acceptors (Lipinski definition) is 4. The fourth-order valence-corrected chi connectivity index (χ4v) is 1.70. The Balaban J connectivity index is 2.05. The Bertz CT molecular complexity index is 542. The van der Waals surface area contributed by atoms with Gasteiger partial charge in [0.05, 0.1) is 11.4 Å². The van der Waals surface area contributed by atoms with E-state index in [-0.39, 0.29) is 0 Å². The van der Waals surface area contributed by atoms with E-state index in [9.17, 15) is 5.11 Å². The van der Waals surface area contributed by atoms with Gasteiger partial charge in [-0.3, -0.25) is 0 Å². The zero-order chi connectivity index (χ0) is 13.7. The molecule has 4 nitrogen and oxygen atoms in total. The van der Waals surface area contributed by atoms with Crippen LogP contribution >= 0.6 is 0 Å². The van der Waals surface area contributed by atoms with Crippen LogP contribution in [0.25, 0.3) is 0 Å². The van der Waals surface area contributed by atoms with Crippen molar-refractivity contribution in [2.45, 2.75) is 19.1 Å². The maximum atomic E-state index is 9.53. The molecule has 4 heteroatoms. The topological polar surface area (TPSA) is 71.0 Å². The van der Waals surface area contributed by atoms with Crippen LogP contribution in [-0.4, -0.2) is 10.8 Å². The molecular formula is C15H17N3O. The highest BCUT2D eigenvalue weighted by atomic mass is 16.3. The summed E-state index contributed by atoms with van der Waals surface area (Å²) in [6, 6.07) is 17.0. The minimum atomic E-state index is -1.19. The van der Waals surface area contributed by atoms with Gasteiger partial charge in [-0.15, -0.1) is 0 Å². The largest absolute Gasteiger partial charge is 0.376 e. The standard InChI is InChI=1S/C15H17N3O/c1-15(16,19)11-12-7-9-14(10-8-12)18-17-13-5-3-2-4-6-13/h2-10,19H,11,16H2,1H3. The number of nitrogens with two attached hydrogens (primary N) is 1. The first-order valence-corrected chi connectivity index (χ1v) is 6.10. The fourth-order valence-electron chi connectivity index (χ4n) is 1.70. The Hall–Kier alpha value is -2.04. The molecule has 1 atom stereocenters. The summed E-state index contributed by atoms with van der Waals surface area (Å²) in [7, 11) is 0. The summed E-state index contributed by atoms with van der Waals surface area (Å²) in [5, 5.41) is 17.8. The molecule has 0 saturated heterocycles. The average molecular weight is 255 g/mol. The number of hydrogen-bond donors (Lipinski definition) is 2. The Morgan fingerprint density at radius 1 is 0.947 bits per heavy atom. The van der Waals surface area contributed by atoms with Gasteiger partial charge in [-0.2, -0.15) is 10.2 Å². The third-order valence-electron chi connectivity index (χ3n) is 2.54. The molecule has 0 aromatic heterocycles. The summed E-state index contributed by atoms with van der Waals surface area (Å²) in [5.74, 6) is 0. The van der Waals surface area contributed by atoms with Gasteiger partial charge in [-0.1, -0.05) is 30.3 Å². The van der Waals surface area contributed by atoms with Gasteiger partial charge in [-0.05, 0) is 36.8 Å². The SMILES string of the molecule is CC(N)(O)Cc1ccc(N=Nc2ccccc2)cc1. The molecule has 0 saturated carbocycles. The fraction of sp³-hybridized carbons (Fsp3) is 0.200. The first kappa shape index (κ1) is 13.4. The maximum Gasteiger partial charge on any atom is 0.114 e. The van der Waals surface area contributed by atoms with Gasteiger partial charge < -0.3 is 10.8 Å². The van der Waals surface area contributed by atoms with Crippen LogP contribution in [0, 0.1) is 0 Å². The Morgan fingerprint density at radius 2 is 1.47 bits per heavy atom. The molecule has 19 heavy (non-hydrogen) atoms. The second kappa shape index (κ2) is 5.73. The zero-order valence-electron chi connectivity index (χ0n) is 10.8. The van der Waals surface area contributed by atoms with Crippen molar-refractivity contribution in [1.29, 1.82) is 0 Å². The Morgan fingerprint density at radius 3 is 2.00 bits per heavy atom. The van der Waals surface area contributed by atoms with Crippen molar-refractivity contribution in [3.05, 3.63) is 60.2 Å². The molecule has 0 aliphatic rings. The van der Waals surface area contributed by atoms with Crippen LogP contribution in [0.1, 0.15) is 12.5 Å². The second-order valence-electron chi connectivity index (χ2n) is 4.74. The van der Waals surface area contributed by atoms with E-state index in [4.69, 9.17) is 5.73 Å². The summed E-state index contributed by atoms with van der Waals surface area (Å²) >= 11 is 0. The van der Waals surface area contributed by atoms with Crippen LogP contribution in [-0.2, 0) is 6.42 Å². The lowest BCUT2D eigenvalue weighted by atomic mass is 10.1. The summed E-state index contributed by atoms with van der Waals surface area (Å²) < 4.78 is 0. The van der Waals surface area contributed by atoms with Gasteiger partial charge in [-0.25, -0.2) is 0 Å². The van der Waals surface area contributed by atoms with Gasteiger partial charge >= 0.3 is 0 Å². The smallest absolute Gasteiger partial charge is 0.114 e. The third-order valence-corrected chi connectivity index (χ3v) is 2.54. The number of azo groups is 1. The molecular weight excluding hydrogens is 238 g/mol. The molecule has 0 heterocycles. The predicted molar refractivity (Wildman–Crippen MR) is 75.6 cm³/mol. The van der Waals surface area contributed by atoms with Crippen molar-refractivity contribution in [1.82, 2.24) is 0 Å². The number of benzene rings is 2. The molecule has 0 amide bonds. The van der Waals surface area contributed by atoms with Crippen molar-refractivity contribution in [2.75, 3.05) is 0 Å².